The van der Waals surface area contributed by atoms with E-state index < -0.39 is 36.8 Å². The highest BCUT2D eigenvalue weighted by Crippen LogP contribution is 2.19. The van der Waals surface area contributed by atoms with Crippen LogP contribution in [0.4, 0.5) is 10.1 Å². The minimum atomic E-state index is -0.784. The van der Waals surface area contributed by atoms with Crippen LogP contribution in [0.1, 0.15) is 10.4 Å². The quantitative estimate of drug-likeness (QED) is 0.589. The van der Waals surface area contributed by atoms with Gasteiger partial charge in [-0.2, -0.15) is 0 Å². The van der Waals surface area contributed by atoms with Crippen molar-refractivity contribution in [3.05, 3.63) is 90.2 Å². The molecule has 0 saturated carbocycles. The Morgan fingerprint density at radius 1 is 0.800 bits per heavy atom. The SMILES string of the molecule is O=C(COC(=O)CNC(=O)c1ccc(-c2ccccc2)cc1)Nc1ccccc1F. The Bertz CT molecular complexity index is 1040. The highest BCUT2D eigenvalue weighted by molar-refractivity contribution is 5.97. The minimum absolute atomic E-state index is 0.00852. The number of hydrogen-bond donors (Lipinski definition) is 2. The molecule has 3 aromatic carbocycles. The summed E-state index contributed by atoms with van der Waals surface area (Å²) in [6, 6.07) is 22.3. The number of rotatable bonds is 7. The summed E-state index contributed by atoms with van der Waals surface area (Å²) in [4.78, 5) is 35.7. The van der Waals surface area contributed by atoms with Crippen LogP contribution in [0, 0.1) is 5.82 Å². The van der Waals surface area contributed by atoms with Gasteiger partial charge in [-0.15, -0.1) is 0 Å². The van der Waals surface area contributed by atoms with Crippen molar-refractivity contribution in [1.82, 2.24) is 5.32 Å². The average molecular weight is 406 g/mol. The number of carbonyl (C=O) groups is 3. The monoisotopic (exact) mass is 406 g/mol. The van der Waals surface area contributed by atoms with Gasteiger partial charge in [0.1, 0.15) is 12.4 Å². The third kappa shape index (κ3) is 5.75. The molecule has 0 spiro atoms. The molecule has 3 rings (SSSR count). The van der Waals surface area contributed by atoms with Gasteiger partial charge in [0.15, 0.2) is 6.61 Å². The lowest BCUT2D eigenvalue weighted by Crippen LogP contribution is -2.32. The van der Waals surface area contributed by atoms with Crippen LogP contribution < -0.4 is 10.6 Å². The number of hydrogen-bond acceptors (Lipinski definition) is 4. The molecule has 6 nitrogen and oxygen atoms in total. The molecule has 0 aliphatic rings. The van der Waals surface area contributed by atoms with Crippen LogP contribution in [0.5, 0.6) is 0 Å². The van der Waals surface area contributed by atoms with Crippen molar-refractivity contribution < 1.29 is 23.5 Å². The van der Waals surface area contributed by atoms with Crippen molar-refractivity contribution in [3.8, 4) is 11.1 Å². The fourth-order valence-corrected chi connectivity index (χ4v) is 2.65. The van der Waals surface area contributed by atoms with E-state index >= 15 is 0 Å². The van der Waals surface area contributed by atoms with Crippen molar-refractivity contribution >= 4 is 23.5 Å². The van der Waals surface area contributed by atoms with Crippen molar-refractivity contribution in [2.75, 3.05) is 18.5 Å². The fourth-order valence-electron chi connectivity index (χ4n) is 2.65. The van der Waals surface area contributed by atoms with E-state index in [1.54, 1.807) is 18.2 Å². The summed E-state index contributed by atoms with van der Waals surface area (Å²) in [6.45, 7) is -0.985. The molecule has 152 valence electrons. The molecule has 3 aromatic rings. The van der Waals surface area contributed by atoms with Crippen LogP contribution in [-0.4, -0.2) is 30.9 Å². The van der Waals surface area contributed by atoms with Gasteiger partial charge < -0.3 is 15.4 Å². The third-order valence-electron chi connectivity index (χ3n) is 4.16. The predicted molar refractivity (Wildman–Crippen MR) is 110 cm³/mol. The molecule has 0 aliphatic carbocycles. The second kappa shape index (κ2) is 9.97. The van der Waals surface area contributed by atoms with Gasteiger partial charge in [0.05, 0.1) is 5.69 Å². The predicted octanol–water partition coefficient (Wildman–Crippen LogP) is 3.40. The first kappa shape index (κ1) is 20.7. The summed E-state index contributed by atoms with van der Waals surface area (Å²) in [5.41, 5.74) is 2.37. The molecule has 0 radical (unpaired) electrons. The molecule has 2 N–H and O–H groups in total. The zero-order valence-electron chi connectivity index (χ0n) is 15.9. The Morgan fingerprint density at radius 2 is 1.43 bits per heavy atom. The maximum atomic E-state index is 13.5. The number of carbonyl (C=O) groups excluding carboxylic acids is 3. The molecule has 0 aromatic heterocycles. The van der Waals surface area contributed by atoms with E-state index in [9.17, 15) is 18.8 Å². The second-order valence-corrected chi connectivity index (χ2v) is 6.31. The van der Waals surface area contributed by atoms with Gasteiger partial charge in [-0.05, 0) is 35.4 Å². The zero-order chi connectivity index (χ0) is 21.3. The second-order valence-electron chi connectivity index (χ2n) is 6.31. The molecule has 0 bridgehead atoms. The summed E-state index contributed by atoms with van der Waals surface area (Å²) in [5, 5.41) is 4.73. The van der Waals surface area contributed by atoms with Gasteiger partial charge in [-0.25, -0.2) is 4.39 Å². The standard InChI is InChI=1S/C23H19FN2O4/c24-19-8-4-5-9-20(19)26-21(27)15-30-22(28)14-25-23(29)18-12-10-17(11-13-18)16-6-2-1-3-7-16/h1-13H,14-15H2,(H,25,29)(H,26,27). The lowest BCUT2D eigenvalue weighted by atomic mass is 10.0. The van der Waals surface area contributed by atoms with Gasteiger partial charge in [0.2, 0.25) is 0 Å². The largest absolute Gasteiger partial charge is 0.454 e. The van der Waals surface area contributed by atoms with E-state index in [1.807, 2.05) is 42.5 Å². The van der Waals surface area contributed by atoms with Gasteiger partial charge >= 0.3 is 5.97 Å². The number of anilines is 1. The van der Waals surface area contributed by atoms with Crippen molar-refractivity contribution in [2.45, 2.75) is 0 Å². The van der Waals surface area contributed by atoms with Gasteiger partial charge in [-0.1, -0.05) is 54.6 Å². The number of halogens is 1. The molecule has 0 atom stereocenters. The van der Waals surface area contributed by atoms with Gasteiger partial charge in [0.25, 0.3) is 11.8 Å². The molecule has 2 amide bonds. The number of para-hydroxylation sites is 1. The number of ether oxygens (including phenoxy) is 1. The lowest BCUT2D eigenvalue weighted by Gasteiger charge is -2.08. The average Bonchev–Trinajstić information content (AvgIpc) is 2.78. The number of amides is 2. The van der Waals surface area contributed by atoms with Crippen LogP contribution in [-0.2, 0) is 14.3 Å². The van der Waals surface area contributed by atoms with Crippen LogP contribution in [0.15, 0.2) is 78.9 Å². The maximum absolute atomic E-state index is 13.5. The normalized spacial score (nSPS) is 10.2. The Morgan fingerprint density at radius 3 is 2.13 bits per heavy atom. The highest BCUT2D eigenvalue weighted by atomic mass is 19.1. The van der Waals surface area contributed by atoms with Crippen molar-refractivity contribution in [3.63, 3.8) is 0 Å². The molecule has 0 fully saturated rings. The van der Waals surface area contributed by atoms with Gasteiger partial charge in [0, 0.05) is 5.56 Å². The lowest BCUT2D eigenvalue weighted by molar-refractivity contribution is -0.146. The van der Waals surface area contributed by atoms with E-state index in [4.69, 9.17) is 4.74 Å². The highest BCUT2D eigenvalue weighted by Gasteiger charge is 2.12. The first-order chi connectivity index (χ1) is 14.5. The summed E-state index contributed by atoms with van der Waals surface area (Å²) in [6.07, 6.45) is 0. The summed E-state index contributed by atoms with van der Waals surface area (Å²) in [7, 11) is 0. The minimum Gasteiger partial charge on any atom is -0.454 e. The smallest absolute Gasteiger partial charge is 0.325 e. The molecule has 0 unspecified atom stereocenters. The molecular formula is C23H19FN2O4. The van der Waals surface area contributed by atoms with E-state index in [0.717, 1.165) is 11.1 Å². The van der Waals surface area contributed by atoms with Crippen molar-refractivity contribution in [1.29, 1.82) is 0 Å². The third-order valence-corrected chi connectivity index (χ3v) is 4.16. The van der Waals surface area contributed by atoms with E-state index in [0.29, 0.717) is 5.56 Å². The molecule has 30 heavy (non-hydrogen) atoms. The van der Waals surface area contributed by atoms with Crippen LogP contribution in [0.25, 0.3) is 11.1 Å². The van der Waals surface area contributed by atoms with Crippen LogP contribution in [0.3, 0.4) is 0 Å². The first-order valence-corrected chi connectivity index (χ1v) is 9.16. The number of esters is 1. The maximum Gasteiger partial charge on any atom is 0.325 e. The topological polar surface area (TPSA) is 84.5 Å². The van der Waals surface area contributed by atoms with Crippen LogP contribution in [0.2, 0.25) is 0 Å². The molecule has 0 saturated heterocycles. The molecule has 7 heteroatoms. The fraction of sp³-hybridized carbons (Fsp3) is 0.0870. The first-order valence-electron chi connectivity index (χ1n) is 9.16. The summed E-state index contributed by atoms with van der Waals surface area (Å²) in [5.74, 6) is -2.51. The molecule has 0 heterocycles. The molecule has 0 aliphatic heterocycles. The zero-order valence-corrected chi connectivity index (χ0v) is 15.9. The summed E-state index contributed by atoms with van der Waals surface area (Å²) < 4.78 is 18.3. The number of benzene rings is 3. The van der Waals surface area contributed by atoms with Crippen molar-refractivity contribution in [2.24, 2.45) is 0 Å². The van der Waals surface area contributed by atoms with E-state index in [2.05, 4.69) is 10.6 Å². The number of nitrogens with one attached hydrogen (secondary N) is 2. The Labute approximate surface area is 172 Å². The summed E-state index contributed by atoms with van der Waals surface area (Å²) >= 11 is 0. The van der Waals surface area contributed by atoms with Gasteiger partial charge in [-0.3, -0.25) is 14.4 Å². The van der Waals surface area contributed by atoms with E-state index in [1.165, 1.54) is 18.2 Å². The Balaban J connectivity index is 1.43. The Hall–Kier alpha value is -4.00. The van der Waals surface area contributed by atoms with Crippen LogP contribution >= 0.6 is 0 Å². The Kier molecular flexibility index (Phi) is 6.89. The van der Waals surface area contributed by atoms with E-state index in [-0.39, 0.29) is 5.69 Å². The molecular weight excluding hydrogens is 387 g/mol.